The number of piperazine rings is 1. The highest BCUT2D eigenvalue weighted by Gasteiger charge is 2.56. The molecule has 0 saturated carbocycles. The molecule has 36 heavy (non-hydrogen) atoms. The Bertz CT molecular complexity index is 1270. The second-order valence-corrected chi connectivity index (χ2v) is 9.39. The first-order valence-electron chi connectivity index (χ1n) is 11.3. The van der Waals surface area contributed by atoms with Crippen molar-refractivity contribution >= 4 is 39.5 Å². The Kier molecular flexibility index (Phi) is 6.46. The van der Waals surface area contributed by atoms with Crippen LogP contribution in [0.2, 0.25) is 0 Å². The standard InChI is InChI=1S/C26H22BrFN4O4/c27-18-3-11-22(12-4-18)36-21-9-1-17(2-10-21)26(23(33)29-25(35)30-24(26)34)32-15-13-31(14-16-32)20-7-5-19(28)6-8-20/h1-12H,13-16H2,(H2,29,30,33,34,35)/i28-1. The minimum atomic E-state index is -1.72. The molecular weight excluding hydrogens is 530 g/mol. The summed E-state index contributed by atoms with van der Waals surface area (Å²) in [6.07, 6.45) is 0. The third kappa shape index (κ3) is 4.45. The summed E-state index contributed by atoms with van der Waals surface area (Å²) in [4.78, 5) is 42.3. The summed E-state index contributed by atoms with van der Waals surface area (Å²) in [6, 6.07) is 19.4. The highest BCUT2D eigenvalue weighted by atomic mass is 79.9. The van der Waals surface area contributed by atoms with Crippen molar-refractivity contribution < 1.29 is 23.5 Å². The predicted octanol–water partition coefficient (Wildman–Crippen LogP) is 3.76. The number of nitrogens with zero attached hydrogens (tertiary/aromatic N) is 2. The number of ether oxygens (including phenoxy) is 1. The molecule has 10 heteroatoms. The van der Waals surface area contributed by atoms with Gasteiger partial charge < -0.3 is 9.64 Å². The number of amides is 4. The largest absolute Gasteiger partial charge is 0.457 e. The number of nitrogens with one attached hydrogen (secondary N) is 2. The fourth-order valence-corrected chi connectivity index (χ4v) is 4.87. The van der Waals surface area contributed by atoms with Gasteiger partial charge in [0.1, 0.15) is 17.3 Å². The average molecular weight is 552 g/mol. The molecule has 2 aliphatic rings. The van der Waals surface area contributed by atoms with Gasteiger partial charge in [-0.1, -0.05) is 28.1 Å². The zero-order valence-corrected chi connectivity index (χ0v) is 20.6. The Morgan fingerprint density at radius 1 is 0.750 bits per heavy atom. The minimum Gasteiger partial charge on any atom is -0.457 e. The van der Waals surface area contributed by atoms with Gasteiger partial charge >= 0.3 is 6.03 Å². The van der Waals surface area contributed by atoms with Gasteiger partial charge in [0.15, 0.2) is 0 Å². The van der Waals surface area contributed by atoms with E-state index in [1.165, 1.54) is 12.1 Å². The van der Waals surface area contributed by atoms with Crippen LogP contribution in [-0.2, 0) is 15.1 Å². The second-order valence-electron chi connectivity index (χ2n) is 8.48. The Hall–Kier alpha value is -3.76. The van der Waals surface area contributed by atoms with Crippen LogP contribution < -0.4 is 20.3 Å². The van der Waals surface area contributed by atoms with Gasteiger partial charge in [-0.3, -0.25) is 25.1 Å². The number of hydrogen-bond donors (Lipinski definition) is 2. The fraction of sp³-hybridized carbons (Fsp3) is 0.192. The van der Waals surface area contributed by atoms with Crippen LogP contribution in [-0.4, -0.2) is 48.9 Å². The maximum Gasteiger partial charge on any atom is 0.328 e. The van der Waals surface area contributed by atoms with Crippen LogP contribution in [0.3, 0.4) is 0 Å². The SMILES string of the molecule is O=C1NC(=O)C(c2ccc(Oc3ccc(Br)cc3)cc2)(N2CCN(c3ccc([18F])cc3)CC2)C(=O)N1. The first-order valence-corrected chi connectivity index (χ1v) is 12.1. The van der Waals surface area contributed by atoms with E-state index in [4.69, 9.17) is 4.74 Å². The number of anilines is 1. The first-order chi connectivity index (χ1) is 17.4. The molecule has 2 heterocycles. The zero-order valence-electron chi connectivity index (χ0n) is 19.0. The van der Waals surface area contributed by atoms with Crippen molar-refractivity contribution in [1.82, 2.24) is 15.5 Å². The van der Waals surface area contributed by atoms with Gasteiger partial charge in [-0.2, -0.15) is 0 Å². The molecule has 8 nitrogen and oxygen atoms in total. The molecule has 0 aromatic heterocycles. The summed E-state index contributed by atoms with van der Waals surface area (Å²) in [7, 11) is 0. The van der Waals surface area contributed by atoms with Crippen molar-refractivity contribution in [2.45, 2.75) is 5.54 Å². The lowest BCUT2D eigenvalue weighted by atomic mass is 9.84. The second kappa shape index (κ2) is 9.71. The van der Waals surface area contributed by atoms with Gasteiger partial charge in [-0.05, 0) is 66.2 Å². The number of benzene rings is 3. The van der Waals surface area contributed by atoms with E-state index < -0.39 is 23.4 Å². The van der Waals surface area contributed by atoms with Crippen LogP contribution in [0.5, 0.6) is 11.5 Å². The normalized spacial score (nSPS) is 17.9. The summed E-state index contributed by atoms with van der Waals surface area (Å²) >= 11 is 3.39. The lowest BCUT2D eigenvalue weighted by Gasteiger charge is -2.47. The van der Waals surface area contributed by atoms with Gasteiger partial charge in [-0.25, -0.2) is 9.18 Å². The molecule has 5 rings (SSSR count). The fourth-order valence-electron chi connectivity index (χ4n) is 4.61. The van der Waals surface area contributed by atoms with Crippen LogP contribution in [0.1, 0.15) is 5.56 Å². The number of rotatable bonds is 5. The number of barbiturate groups is 1. The van der Waals surface area contributed by atoms with E-state index in [1.807, 2.05) is 24.3 Å². The third-order valence-electron chi connectivity index (χ3n) is 6.38. The molecule has 3 aromatic carbocycles. The van der Waals surface area contributed by atoms with E-state index in [0.717, 1.165) is 10.2 Å². The molecule has 3 aromatic rings. The van der Waals surface area contributed by atoms with Crippen molar-refractivity contribution in [1.29, 1.82) is 0 Å². The maximum atomic E-state index is 13.3. The lowest BCUT2D eigenvalue weighted by Crippen LogP contribution is -2.73. The van der Waals surface area contributed by atoms with Crippen molar-refractivity contribution in [2.24, 2.45) is 0 Å². The summed E-state index contributed by atoms with van der Waals surface area (Å²) in [5.41, 5.74) is -0.450. The van der Waals surface area contributed by atoms with Gasteiger partial charge in [0, 0.05) is 36.3 Å². The number of carbonyl (C=O) groups is 3. The number of carbonyl (C=O) groups excluding carboxylic acids is 3. The third-order valence-corrected chi connectivity index (χ3v) is 6.91. The Morgan fingerprint density at radius 3 is 1.83 bits per heavy atom. The zero-order chi connectivity index (χ0) is 25.3. The van der Waals surface area contributed by atoms with E-state index >= 15 is 0 Å². The number of imide groups is 2. The monoisotopic (exact) mass is 551 g/mol. The summed E-state index contributed by atoms with van der Waals surface area (Å²) in [6.45, 7) is 1.74. The van der Waals surface area contributed by atoms with Gasteiger partial charge in [0.2, 0.25) is 5.54 Å². The average Bonchev–Trinajstić information content (AvgIpc) is 2.87. The Balaban J connectivity index is 1.42. The Labute approximate surface area is 215 Å². The summed E-state index contributed by atoms with van der Waals surface area (Å²) < 4.78 is 20.1. The van der Waals surface area contributed by atoms with Crippen LogP contribution in [0, 0.1) is 5.82 Å². The first kappa shape index (κ1) is 24.0. The molecule has 2 N–H and O–H groups in total. The van der Waals surface area contributed by atoms with Crippen LogP contribution in [0.25, 0.3) is 0 Å². The number of hydrogen-bond acceptors (Lipinski definition) is 6. The highest BCUT2D eigenvalue weighted by Crippen LogP contribution is 2.35. The van der Waals surface area contributed by atoms with E-state index in [9.17, 15) is 18.8 Å². The molecule has 0 spiro atoms. The van der Waals surface area contributed by atoms with E-state index in [0.29, 0.717) is 43.2 Å². The topological polar surface area (TPSA) is 91.0 Å². The van der Waals surface area contributed by atoms with E-state index in [1.54, 1.807) is 41.3 Å². The van der Waals surface area contributed by atoms with Crippen molar-refractivity contribution in [3.8, 4) is 11.5 Å². The van der Waals surface area contributed by atoms with Gasteiger partial charge in [0.05, 0.1) is 0 Å². The number of halogens is 2. The lowest BCUT2D eigenvalue weighted by molar-refractivity contribution is -0.149. The van der Waals surface area contributed by atoms with Crippen molar-refractivity contribution in [2.75, 3.05) is 31.1 Å². The van der Waals surface area contributed by atoms with Crippen LogP contribution >= 0.6 is 15.9 Å². The quantitative estimate of drug-likeness (QED) is 0.469. The molecule has 0 aliphatic carbocycles. The molecule has 0 bridgehead atoms. The van der Waals surface area contributed by atoms with E-state index in [-0.39, 0.29) is 5.82 Å². The molecule has 2 fully saturated rings. The van der Waals surface area contributed by atoms with Crippen LogP contribution in [0.4, 0.5) is 14.9 Å². The van der Waals surface area contributed by atoms with Crippen molar-refractivity contribution in [3.63, 3.8) is 0 Å². The molecule has 184 valence electrons. The molecular formula is C26H22BrFN4O4. The molecule has 4 amide bonds. The van der Waals surface area contributed by atoms with Crippen molar-refractivity contribution in [3.05, 3.63) is 88.6 Å². The van der Waals surface area contributed by atoms with Gasteiger partial charge in [0.25, 0.3) is 11.8 Å². The van der Waals surface area contributed by atoms with Crippen LogP contribution in [0.15, 0.2) is 77.3 Å². The number of urea groups is 1. The minimum absolute atomic E-state index is 0.316. The summed E-state index contributed by atoms with van der Waals surface area (Å²) in [5.74, 6) is -0.549. The molecule has 0 unspecified atom stereocenters. The van der Waals surface area contributed by atoms with Gasteiger partial charge in [-0.15, -0.1) is 0 Å². The Morgan fingerprint density at radius 2 is 1.28 bits per heavy atom. The molecule has 0 atom stereocenters. The summed E-state index contributed by atoms with van der Waals surface area (Å²) in [5, 5.41) is 4.53. The smallest absolute Gasteiger partial charge is 0.328 e. The molecule has 2 saturated heterocycles. The molecule has 2 aliphatic heterocycles. The highest BCUT2D eigenvalue weighted by molar-refractivity contribution is 9.10. The maximum absolute atomic E-state index is 13.3. The molecule has 0 radical (unpaired) electrons. The van der Waals surface area contributed by atoms with E-state index in [2.05, 4.69) is 31.5 Å². The predicted molar refractivity (Wildman–Crippen MR) is 134 cm³/mol.